The Bertz CT molecular complexity index is 529. The van der Waals surface area contributed by atoms with E-state index < -0.39 is 0 Å². The predicted octanol–water partition coefficient (Wildman–Crippen LogP) is 3.12. The molecule has 0 unspecified atom stereocenters. The van der Waals surface area contributed by atoms with Crippen LogP contribution in [-0.2, 0) is 0 Å². The van der Waals surface area contributed by atoms with Crippen molar-refractivity contribution in [1.29, 1.82) is 0 Å². The zero-order valence-corrected chi connectivity index (χ0v) is 15.0. The highest BCUT2D eigenvalue weighted by atomic mass is 16.5. The van der Waals surface area contributed by atoms with Crippen molar-refractivity contribution in [3.8, 4) is 0 Å². The summed E-state index contributed by atoms with van der Waals surface area (Å²) in [5, 5.41) is 25.6. The molecule has 9 nitrogen and oxygen atoms in total. The summed E-state index contributed by atoms with van der Waals surface area (Å²) < 4.78 is 4.82. The molecule has 0 amide bonds. The smallest absolute Gasteiger partial charge is 0.121 e. The molecule has 1 aromatic heterocycles. The fourth-order valence-electron chi connectivity index (χ4n) is 1.33. The molecule has 1 aromatic rings. The molecular weight excluding hydrogens is 356 g/mol. The van der Waals surface area contributed by atoms with E-state index in [1.54, 1.807) is 24.3 Å². The molecule has 1 N–H and O–H groups in total. The molecule has 0 radical (unpaired) electrons. The van der Waals surface area contributed by atoms with E-state index in [9.17, 15) is 0 Å². The maximum Gasteiger partial charge on any atom is 0.121 e. The highest BCUT2D eigenvalue weighted by Gasteiger charge is 1.61. The summed E-state index contributed by atoms with van der Waals surface area (Å²) in [5.74, 6) is 0. The average molecular weight is 376 g/mol. The number of nitrogens with one attached hydrogen (secondary N) is 1. The van der Waals surface area contributed by atoms with E-state index in [1.165, 1.54) is 12.5 Å². The first-order valence-corrected chi connectivity index (χ1v) is 8.12. The molecule has 0 spiro atoms. The summed E-state index contributed by atoms with van der Waals surface area (Å²) in [6.07, 6.45) is 2.83. The van der Waals surface area contributed by atoms with Gasteiger partial charge >= 0.3 is 0 Å². The van der Waals surface area contributed by atoms with Crippen LogP contribution in [0.3, 0.4) is 0 Å². The van der Waals surface area contributed by atoms with Gasteiger partial charge in [-0.3, -0.25) is 0 Å². The van der Waals surface area contributed by atoms with Gasteiger partial charge in [-0.1, -0.05) is 91.0 Å². The fraction of sp³-hybridized carbons (Fsp3) is 0. The van der Waals surface area contributed by atoms with Gasteiger partial charge in [-0.25, -0.2) is 0 Å². The number of rotatable bonds is 0. The van der Waals surface area contributed by atoms with Gasteiger partial charge in [0.15, 0.2) is 0 Å². The third kappa shape index (κ3) is 16.6. The van der Waals surface area contributed by atoms with Crippen molar-refractivity contribution in [3.63, 3.8) is 0 Å². The van der Waals surface area contributed by atoms with E-state index in [1.807, 2.05) is 78.9 Å². The van der Waals surface area contributed by atoms with Gasteiger partial charge in [-0.15, -0.1) is 10.4 Å². The van der Waals surface area contributed by atoms with Gasteiger partial charge in [-0.05, 0) is 43.4 Å². The monoisotopic (exact) mass is 376 g/mol. The number of aromatic nitrogens is 8. The van der Waals surface area contributed by atoms with Crippen molar-refractivity contribution in [3.05, 3.63) is 116 Å². The second kappa shape index (κ2) is 19.1. The predicted molar refractivity (Wildman–Crippen MR) is 103 cm³/mol. The van der Waals surface area contributed by atoms with Crippen molar-refractivity contribution >= 4 is 0 Å². The molecule has 28 heavy (non-hydrogen) atoms. The largest absolute Gasteiger partial charge is 0.372 e. The van der Waals surface area contributed by atoms with Gasteiger partial charge in [0.2, 0.25) is 0 Å². The highest BCUT2D eigenvalue weighted by molar-refractivity contribution is 4.98. The van der Waals surface area contributed by atoms with Crippen molar-refractivity contribution in [2.24, 2.45) is 0 Å². The van der Waals surface area contributed by atoms with Crippen LogP contribution >= 0.6 is 0 Å². The van der Waals surface area contributed by atoms with Crippen LogP contribution in [0.5, 0.6) is 0 Å². The quantitative estimate of drug-likeness (QED) is 0.733. The molecule has 142 valence electrons. The lowest BCUT2D eigenvalue weighted by atomic mass is 10.4. The summed E-state index contributed by atoms with van der Waals surface area (Å²) in [6.45, 7) is 0. The number of hydrogen-bond acceptors (Lipinski definition) is 8. The molecule has 0 fully saturated rings. The normalized spacial score (nSPS) is 8.00. The van der Waals surface area contributed by atoms with Gasteiger partial charge in [0.05, 0.1) is 6.20 Å². The molecule has 9 heteroatoms. The van der Waals surface area contributed by atoms with Crippen LogP contribution in [0.25, 0.3) is 0 Å². The summed E-state index contributed by atoms with van der Waals surface area (Å²) >= 11 is 0. The SMILES string of the molecule is c1cccccccccnnnnnnn[nH]occccccccc1. The molecular formula is C19H20N8O. The molecule has 0 saturated carbocycles. The minimum absolute atomic E-state index is 1.38. The van der Waals surface area contributed by atoms with E-state index in [2.05, 4.69) is 41.7 Å². The van der Waals surface area contributed by atoms with Gasteiger partial charge in [0, 0.05) is 0 Å². The van der Waals surface area contributed by atoms with Crippen molar-refractivity contribution in [1.82, 2.24) is 41.7 Å². The van der Waals surface area contributed by atoms with Gasteiger partial charge in [0.25, 0.3) is 0 Å². The van der Waals surface area contributed by atoms with Crippen LogP contribution < -0.4 is 0 Å². The Kier molecular flexibility index (Phi) is 14.8. The molecule has 0 aliphatic heterocycles. The number of hydrogen-bond donors (Lipinski definition) is 1. The molecule has 0 atom stereocenters. The van der Waals surface area contributed by atoms with Crippen molar-refractivity contribution < 1.29 is 4.52 Å². The summed E-state index contributed by atoms with van der Waals surface area (Å²) in [7, 11) is 0. The number of H-pyrrole nitrogens is 1. The molecule has 1 heterocycles. The van der Waals surface area contributed by atoms with Gasteiger partial charge in [-0.2, -0.15) is 0 Å². The van der Waals surface area contributed by atoms with E-state index >= 15 is 0 Å². The first-order valence-electron chi connectivity index (χ1n) is 8.12. The lowest BCUT2D eigenvalue weighted by Crippen LogP contribution is -1.89. The maximum absolute atomic E-state index is 4.82. The second-order valence-electron chi connectivity index (χ2n) is 4.43. The zero-order chi connectivity index (χ0) is 19.8. The Morgan fingerprint density at radius 1 is 0.429 bits per heavy atom. The molecule has 0 aliphatic rings. The van der Waals surface area contributed by atoms with E-state index in [0.29, 0.717) is 0 Å². The highest BCUT2D eigenvalue weighted by Crippen LogP contribution is 1.79. The Hall–Kier alpha value is -4.27. The van der Waals surface area contributed by atoms with Crippen molar-refractivity contribution in [2.75, 3.05) is 0 Å². The van der Waals surface area contributed by atoms with Crippen molar-refractivity contribution in [2.45, 2.75) is 0 Å². The molecule has 0 bridgehead atoms. The third-order valence-corrected chi connectivity index (χ3v) is 2.43. The Balaban J connectivity index is 3.00. The fourth-order valence-corrected chi connectivity index (χ4v) is 1.33. The minimum Gasteiger partial charge on any atom is -0.372 e. The zero-order valence-electron chi connectivity index (χ0n) is 15.0. The molecule has 0 saturated heterocycles. The lowest BCUT2D eigenvalue weighted by Gasteiger charge is -1.70. The maximum atomic E-state index is 4.82. The lowest BCUT2D eigenvalue weighted by molar-refractivity contribution is 0.350. The number of aromatic amines is 1. The Morgan fingerprint density at radius 3 is 1.43 bits per heavy atom. The van der Waals surface area contributed by atoms with Crippen LogP contribution in [-0.4, -0.2) is 41.7 Å². The van der Waals surface area contributed by atoms with E-state index in [4.69, 9.17) is 4.52 Å². The topological polar surface area (TPSA) is 119 Å². The summed E-state index contributed by atoms with van der Waals surface area (Å²) in [4.78, 5) is 0. The van der Waals surface area contributed by atoms with Crippen LogP contribution in [0.1, 0.15) is 0 Å². The van der Waals surface area contributed by atoms with Gasteiger partial charge in [0.1, 0.15) is 6.26 Å². The standard InChI is InChI=1S/C19H20N8O/c1-2-4-6-8-10-12-14-16-18-20-21-22-23-24-25-26-27-28-19-17-15-13-11-9-7-5-3-1/h1-19H,(H,21,23,25,27). The first-order chi connectivity index (χ1) is 14.0. The van der Waals surface area contributed by atoms with Crippen LogP contribution in [0.2, 0.25) is 0 Å². The average Bonchev–Trinajstić information content (AvgIpc) is 2.71. The van der Waals surface area contributed by atoms with Crippen LogP contribution in [0.4, 0.5) is 0 Å². The summed E-state index contributed by atoms with van der Waals surface area (Å²) in [5.41, 5.74) is 0. The molecule has 0 aromatic carbocycles. The first kappa shape index (κ1) is 21.8. The Morgan fingerprint density at radius 2 is 0.857 bits per heavy atom. The molecule has 1 rings (SSSR count). The van der Waals surface area contributed by atoms with Crippen LogP contribution in [0, 0.1) is 0 Å². The van der Waals surface area contributed by atoms with Crippen LogP contribution in [0.15, 0.2) is 120 Å². The van der Waals surface area contributed by atoms with E-state index in [-0.39, 0.29) is 0 Å². The summed E-state index contributed by atoms with van der Waals surface area (Å²) in [6, 6.07) is 31.8. The second-order valence-corrected chi connectivity index (χ2v) is 4.43. The molecule has 0 aliphatic carbocycles. The third-order valence-electron chi connectivity index (χ3n) is 2.43. The van der Waals surface area contributed by atoms with Gasteiger partial charge < -0.3 is 4.52 Å². The number of nitrogens with zero attached hydrogens (tertiary/aromatic N) is 7. The Labute approximate surface area is 162 Å². The van der Waals surface area contributed by atoms with E-state index in [0.717, 1.165) is 0 Å². The minimum atomic E-state index is 1.38.